The molecule has 1 atom stereocenters. The molecule has 1 aliphatic heterocycles. The summed E-state index contributed by atoms with van der Waals surface area (Å²) in [6.07, 6.45) is 0.883. The van der Waals surface area contributed by atoms with Crippen LogP contribution in [0.5, 0.6) is 0 Å². The molecule has 7 nitrogen and oxygen atoms in total. The largest absolute Gasteiger partial charge is 0.359 e. The Hall–Kier alpha value is -3.19. The van der Waals surface area contributed by atoms with Gasteiger partial charge in [-0.25, -0.2) is 0 Å². The maximum absolute atomic E-state index is 12.5. The average molecular weight is 406 g/mol. The molecule has 1 saturated heterocycles. The minimum Gasteiger partial charge on any atom is -0.359 e. The lowest BCUT2D eigenvalue weighted by atomic mass is 10.0. The van der Waals surface area contributed by atoms with Gasteiger partial charge in [0.25, 0.3) is 0 Å². The third kappa shape index (κ3) is 4.52. The van der Waals surface area contributed by atoms with Crippen LogP contribution in [0, 0.1) is 0 Å². The lowest BCUT2D eigenvalue weighted by Crippen LogP contribution is -2.56. The van der Waals surface area contributed by atoms with Gasteiger partial charge >= 0.3 is 0 Å². The highest BCUT2D eigenvalue weighted by molar-refractivity contribution is 5.89. The van der Waals surface area contributed by atoms with Gasteiger partial charge in [-0.2, -0.15) is 0 Å². The number of hydrogen-bond acceptors (Lipinski definition) is 5. The first-order valence-corrected chi connectivity index (χ1v) is 10.3. The molecule has 4 rings (SSSR count). The highest BCUT2D eigenvalue weighted by Gasteiger charge is 2.31. The minimum absolute atomic E-state index is 0.103. The van der Waals surface area contributed by atoms with Crippen LogP contribution in [0.25, 0.3) is 10.8 Å². The molecule has 3 aromatic rings. The Labute approximate surface area is 175 Å². The van der Waals surface area contributed by atoms with E-state index in [-0.39, 0.29) is 24.8 Å². The van der Waals surface area contributed by atoms with Crippen molar-refractivity contribution in [2.45, 2.75) is 38.9 Å². The van der Waals surface area contributed by atoms with E-state index in [0.717, 1.165) is 17.7 Å². The first-order valence-electron chi connectivity index (χ1n) is 10.3. The van der Waals surface area contributed by atoms with Crippen LogP contribution in [0.4, 0.5) is 0 Å². The van der Waals surface area contributed by atoms with Gasteiger partial charge in [0.1, 0.15) is 0 Å². The summed E-state index contributed by atoms with van der Waals surface area (Å²) in [5, 5.41) is 12.0. The SMILES string of the molecule is CCc1cc(CNC(=O)C[C@@H]2C(=O)NCCN2Cc2cccc3ccccc23)on1. The molecule has 0 aliphatic carbocycles. The van der Waals surface area contributed by atoms with Crippen molar-refractivity contribution in [3.63, 3.8) is 0 Å². The topological polar surface area (TPSA) is 87.5 Å². The summed E-state index contributed by atoms with van der Waals surface area (Å²) in [4.78, 5) is 27.2. The van der Waals surface area contributed by atoms with Gasteiger partial charge in [-0.05, 0) is 22.8 Å². The number of carbonyl (C=O) groups is 2. The van der Waals surface area contributed by atoms with E-state index in [1.165, 1.54) is 10.8 Å². The Balaban J connectivity index is 1.43. The van der Waals surface area contributed by atoms with Crippen LogP contribution in [0.3, 0.4) is 0 Å². The van der Waals surface area contributed by atoms with Crippen LogP contribution < -0.4 is 10.6 Å². The van der Waals surface area contributed by atoms with Gasteiger partial charge in [-0.3, -0.25) is 14.5 Å². The highest BCUT2D eigenvalue weighted by Crippen LogP contribution is 2.22. The molecule has 2 heterocycles. The molecule has 30 heavy (non-hydrogen) atoms. The second kappa shape index (κ2) is 9.09. The summed E-state index contributed by atoms with van der Waals surface area (Å²) in [6, 6.07) is 15.8. The molecule has 0 radical (unpaired) electrons. The fourth-order valence-electron chi connectivity index (χ4n) is 3.86. The van der Waals surface area contributed by atoms with Crippen molar-refractivity contribution in [3.05, 3.63) is 65.5 Å². The van der Waals surface area contributed by atoms with E-state index < -0.39 is 6.04 Å². The molecule has 0 saturated carbocycles. The zero-order valence-corrected chi connectivity index (χ0v) is 17.1. The van der Waals surface area contributed by atoms with Gasteiger partial charge < -0.3 is 15.2 Å². The van der Waals surface area contributed by atoms with Gasteiger partial charge in [0.15, 0.2) is 5.76 Å². The molecule has 2 N–H and O–H groups in total. The van der Waals surface area contributed by atoms with E-state index >= 15 is 0 Å². The number of carbonyl (C=O) groups excluding carboxylic acids is 2. The first-order chi connectivity index (χ1) is 14.6. The van der Waals surface area contributed by atoms with Crippen LogP contribution in [-0.4, -0.2) is 41.0 Å². The van der Waals surface area contributed by atoms with Crippen LogP contribution in [0.15, 0.2) is 53.1 Å². The van der Waals surface area contributed by atoms with Crippen LogP contribution in [-0.2, 0) is 29.1 Å². The zero-order chi connectivity index (χ0) is 20.9. The molecule has 2 aromatic carbocycles. The van der Waals surface area contributed by atoms with Crippen molar-refractivity contribution >= 4 is 22.6 Å². The van der Waals surface area contributed by atoms with Crippen LogP contribution in [0.2, 0.25) is 0 Å². The third-order valence-corrected chi connectivity index (χ3v) is 5.50. The van der Waals surface area contributed by atoms with Gasteiger partial charge in [0.05, 0.1) is 24.7 Å². The lowest BCUT2D eigenvalue weighted by Gasteiger charge is -2.35. The van der Waals surface area contributed by atoms with Gasteiger partial charge in [-0.1, -0.05) is 54.5 Å². The molecule has 7 heteroatoms. The van der Waals surface area contributed by atoms with Crippen molar-refractivity contribution in [3.8, 4) is 0 Å². The second-order valence-electron chi connectivity index (χ2n) is 7.53. The second-order valence-corrected chi connectivity index (χ2v) is 7.53. The number of aryl methyl sites for hydroxylation is 1. The Kier molecular flexibility index (Phi) is 6.09. The predicted octanol–water partition coefficient (Wildman–Crippen LogP) is 2.40. The standard InChI is InChI=1S/C23H26N4O3/c1-2-18-12-19(30-26-18)14-25-22(28)13-21-23(29)24-10-11-27(21)15-17-8-5-7-16-6-3-4-9-20(16)17/h3-9,12,21H,2,10-11,13-15H2,1H3,(H,24,29)(H,25,28)/t21-/m1/s1. The highest BCUT2D eigenvalue weighted by atomic mass is 16.5. The molecule has 156 valence electrons. The lowest BCUT2D eigenvalue weighted by molar-refractivity contribution is -0.134. The maximum Gasteiger partial charge on any atom is 0.237 e. The Morgan fingerprint density at radius 3 is 2.93 bits per heavy atom. The Morgan fingerprint density at radius 1 is 1.27 bits per heavy atom. The monoisotopic (exact) mass is 406 g/mol. The normalized spacial score (nSPS) is 17.1. The summed E-state index contributed by atoms with van der Waals surface area (Å²) >= 11 is 0. The summed E-state index contributed by atoms with van der Waals surface area (Å²) in [5.41, 5.74) is 2.01. The van der Waals surface area contributed by atoms with Gasteiger partial charge in [0, 0.05) is 25.7 Å². The number of rotatable bonds is 7. The fraction of sp³-hybridized carbons (Fsp3) is 0.348. The van der Waals surface area contributed by atoms with E-state index in [4.69, 9.17) is 4.52 Å². The summed E-state index contributed by atoms with van der Waals surface area (Å²) in [7, 11) is 0. The Bertz CT molecular complexity index is 1040. The van der Waals surface area contributed by atoms with Crippen molar-refractivity contribution in [1.29, 1.82) is 0 Å². The predicted molar refractivity (Wildman–Crippen MR) is 114 cm³/mol. The van der Waals surface area contributed by atoms with Crippen molar-refractivity contribution < 1.29 is 14.1 Å². The molecule has 2 amide bonds. The Morgan fingerprint density at radius 2 is 2.10 bits per heavy atom. The van der Waals surface area contributed by atoms with Crippen LogP contribution in [0.1, 0.15) is 30.4 Å². The quantitative estimate of drug-likeness (QED) is 0.629. The van der Waals surface area contributed by atoms with Crippen LogP contribution >= 0.6 is 0 Å². The van der Waals surface area contributed by atoms with E-state index in [9.17, 15) is 9.59 Å². The maximum atomic E-state index is 12.5. The summed E-state index contributed by atoms with van der Waals surface area (Å²) in [6.45, 7) is 4.17. The van der Waals surface area contributed by atoms with Gasteiger partial charge in [0.2, 0.25) is 11.8 Å². The first kappa shape index (κ1) is 20.1. The molecule has 1 fully saturated rings. The van der Waals surface area contributed by atoms with Crippen molar-refractivity contribution in [1.82, 2.24) is 20.7 Å². The number of piperazine rings is 1. The number of fused-ring (bicyclic) bond motifs is 1. The molecule has 0 spiro atoms. The van der Waals surface area contributed by atoms with E-state index in [0.29, 0.717) is 25.4 Å². The fourth-order valence-corrected chi connectivity index (χ4v) is 3.86. The van der Waals surface area contributed by atoms with E-state index in [2.05, 4.69) is 45.0 Å². The summed E-state index contributed by atoms with van der Waals surface area (Å²) < 4.78 is 5.20. The smallest absolute Gasteiger partial charge is 0.237 e. The van der Waals surface area contributed by atoms with Crippen molar-refractivity contribution in [2.24, 2.45) is 0 Å². The molecule has 0 bridgehead atoms. The number of hydrogen-bond donors (Lipinski definition) is 2. The number of aromatic nitrogens is 1. The number of nitrogens with one attached hydrogen (secondary N) is 2. The van der Waals surface area contributed by atoms with Crippen molar-refractivity contribution in [2.75, 3.05) is 13.1 Å². The summed E-state index contributed by atoms with van der Waals surface area (Å²) in [5.74, 6) is 0.319. The van der Waals surface area contributed by atoms with E-state index in [1.807, 2.05) is 31.2 Å². The van der Waals surface area contributed by atoms with E-state index in [1.54, 1.807) is 0 Å². The molecule has 1 aliphatic rings. The molecular weight excluding hydrogens is 380 g/mol. The average Bonchev–Trinajstić information content (AvgIpc) is 3.23. The number of amides is 2. The minimum atomic E-state index is -0.501. The molecule has 0 unspecified atom stereocenters. The molecular formula is C23H26N4O3. The molecule has 1 aromatic heterocycles. The third-order valence-electron chi connectivity index (χ3n) is 5.50. The van der Waals surface area contributed by atoms with Gasteiger partial charge in [-0.15, -0.1) is 0 Å². The number of nitrogens with zero attached hydrogens (tertiary/aromatic N) is 2. The number of benzene rings is 2. The zero-order valence-electron chi connectivity index (χ0n) is 17.1.